The first-order valence-electron chi connectivity index (χ1n) is 9.25. The van der Waals surface area contributed by atoms with Crippen molar-refractivity contribution in [1.82, 2.24) is 5.01 Å². The van der Waals surface area contributed by atoms with Crippen LogP contribution in [0.15, 0.2) is 90.2 Å². The van der Waals surface area contributed by atoms with Crippen LogP contribution in [0, 0.1) is 4.91 Å². The van der Waals surface area contributed by atoms with Gasteiger partial charge in [0.25, 0.3) is 0 Å². The maximum Gasteiger partial charge on any atom is 0.115 e. The van der Waals surface area contributed by atoms with Crippen LogP contribution in [0.1, 0.15) is 29.7 Å². The highest BCUT2D eigenvalue weighted by Crippen LogP contribution is 2.29. The molecule has 0 saturated carbocycles. The summed E-state index contributed by atoms with van der Waals surface area (Å²) in [7, 11) is 0. The molecule has 3 aromatic carbocycles. The van der Waals surface area contributed by atoms with Crippen molar-refractivity contribution < 1.29 is 9.84 Å². The minimum atomic E-state index is -0.436. The Morgan fingerprint density at radius 3 is 2.18 bits per heavy atom. The lowest BCUT2D eigenvalue weighted by molar-refractivity contribution is -0.0230. The van der Waals surface area contributed by atoms with E-state index in [0.29, 0.717) is 13.2 Å². The largest absolute Gasteiger partial charge is 0.508 e. The third-order valence-corrected chi connectivity index (χ3v) is 4.67. The summed E-state index contributed by atoms with van der Waals surface area (Å²) in [5, 5.41) is 14.6. The van der Waals surface area contributed by atoms with E-state index >= 15 is 0 Å². The molecule has 3 aromatic rings. The Kier molecular flexibility index (Phi) is 6.76. The molecule has 0 heterocycles. The molecule has 0 fully saturated rings. The molecule has 3 rings (SSSR count). The SMILES string of the molecule is CC([C@@H](OCc1ccccc1)c1cccc(O)c1)N(Cc1ccccc1)N=O. The Balaban J connectivity index is 1.82. The number of nitroso groups, excluding NO2 is 1. The van der Waals surface area contributed by atoms with Gasteiger partial charge in [-0.25, -0.2) is 0 Å². The van der Waals surface area contributed by atoms with E-state index in [0.717, 1.165) is 16.7 Å². The zero-order valence-electron chi connectivity index (χ0n) is 15.8. The number of phenolic OH excluding ortho intramolecular Hbond substituents is 1. The van der Waals surface area contributed by atoms with E-state index in [9.17, 15) is 10.0 Å². The van der Waals surface area contributed by atoms with Gasteiger partial charge in [0.1, 0.15) is 11.9 Å². The lowest BCUT2D eigenvalue weighted by Gasteiger charge is -2.31. The van der Waals surface area contributed by atoms with Crippen molar-refractivity contribution in [3.63, 3.8) is 0 Å². The molecule has 1 unspecified atom stereocenters. The molecule has 0 aliphatic heterocycles. The molecule has 0 radical (unpaired) electrons. The first-order chi connectivity index (χ1) is 13.7. The average molecular weight is 376 g/mol. The predicted octanol–water partition coefficient (Wildman–Crippen LogP) is 5.22. The fourth-order valence-electron chi connectivity index (χ4n) is 3.15. The summed E-state index contributed by atoms with van der Waals surface area (Å²) in [5.74, 6) is 0.159. The number of ether oxygens (including phenoxy) is 1. The molecule has 0 aromatic heterocycles. The Hall–Kier alpha value is -3.18. The summed E-state index contributed by atoms with van der Waals surface area (Å²) in [5.41, 5.74) is 2.82. The van der Waals surface area contributed by atoms with Crippen LogP contribution >= 0.6 is 0 Å². The van der Waals surface area contributed by atoms with Crippen LogP contribution in [-0.4, -0.2) is 16.2 Å². The minimum Gasteiger partial charge on any atom is -0.508 e. The molecule has 0 spiro atoms. The van der Waals surface area contributed by atoms with E-state index in [2.05, 4.69) is 5.29 Å². The zero-order valence-corrected chi connectivity index (χ0v) is 15.8. The molecule has 0 bridgehead atoms. The van der Waals surface area contributed by atoms with Crippen molar-refractivity contribution in [2.45, 2.75) is 32.2 Å². The zero-order chi connectivity index (χ0) is 19.8. The molecule has 144 valence electrons. The van der Waals surface area contributed by atoms with Gasteiger partial charge in [-0.1, -0.05) is 72.8 Å². The number of rotatable bonds is 9. The van der Waals surface area contributed by atoms with Crippen LogP contribution < -0.4 is 0 Å². The molecule has 0 aliphatic carbocycles. The summed E-state index contributed by atoms with van der Waals surface area (Å²) >= 11 is 0. The van der Waals surface area contributed by atoms with Gasteiger partial charge in [0.2, 0.25) is 0 Å². The minimum absolute atomic E-state index is 0.159. The van der Waals surface area contributed by atoms with Crippen LogP contribution in [-0.2, 0) is 17.9 Å². The average Bonchev–Trinajstić information content (AvgIpc) is 2.73. The Labute approximate surface area is 165 Å². The van der Waals surface area contributed by atoms with Crippen LogP contribution in [0.3, 0.4) is 0 Å². The number of hydrogen-bond donors (Lipinski definition) is 1. The Morgan fingerprint density at radius 1 is 0.929 bits per heavy atom. The van der Waals surface area contributed by atoms with E-state index in [1.54, 1.807) is 18.2 Å². The molecule has 5 nitrogen and oxygen atoms in total. The molecule has 0 amide bonds. The second kappa shape index (κ2) is 9.67. The molecule has 0 aliphatic rings. The van der Waals surface area contributed by atoms with Gasteiger partial charge >= 0.3 is 0 Å². The monoisotopic (exact) mass is 376 g/mol. The van der Waals surface area contributed by atoms with Crippen LogP contribution in [0.4, 0.5) is 0 Å². The fraction of sp³-hybridized carbons (Fsp3) is 0.217. The van der Waals surface area contributed by atoms with E-state index < -0.39 is 6.10 Å². The molecule has 0 saturated heterocycles. The first-order valence-corrected chi connectivity index (χ1v) is 9.25. The molecule has 1 N–H and O–H groups in total. The van der Waals surface area contributed by atoms with Crippen LogP contribution in [0.2, 0.25) is 0 Å². The van der Waals surface area contributed by atoms with Gasteiger partial charge in [-0.05, 0) is 35.7 Å². The highest BCUT2D eigenvalue weighted by Gasteiger charge is 2.27. The third kappa shape index (κ3) is 5.18. The second-order valence-electron chi connectivity index (χ2n) is 6.72. The number of aromatic hydroxyl groups is 1. The molecular weight excluding hydrogens is 352 g/mol. The highest BCUT2D eigenvalue weighted by atomic mass is 16.5. The summed E-state index contributed by atoms with van der Waals surface area (Å²) in [6.45, 7) is 2.68. The van der Waals surface area contributed by atoms with Gasteiger partial charge in [0, 0.05) is 0 Å². The van der Waals surface area contributed by atoms with Crippen molar-refractivity contribution in [2.24, 2.45) is 5.29 Å². The van der Waals surface area contributed by atoms with Gasteiger partial charge in [-0.2, -0.15) is 0 Å². The van der Waals surface area contributed by atoms with Crippen molar-refractivity contribution >= 4 is 0 Å². The summed E-state index contributed by atoms with van der Waals surface area (Å²) in [6, 6.07) is 26.2. The lowest BCUT2D eigenvalue weighted by Crippen LogP contribution is -2.34. The maximum atomic E-state index is 11.6. The summed E-state index contributed by atoms with van der Waals surface area (Å²) in [4.78, 5) is 11.6. The molecule has 28 heavy (non-hydrogen) atoms. The second-order valence-corrected chi connectivity index (χ2v) is 6.72. The summed E-state index contributed by atoms with van der Waals surface area (Å²) < 4.78 is 6.20. The smallest absolute Gasteiger partial charge is 0.115 e. The van der Waals surface area contributed by atoms with Crippen molar-refractivity contribution in [3.8, 4) is 5.75 Å². The van der Waals surface area contributed by atoms with Crippen molar-refractivity contribution in [2.75, 3.05) is 0 Å². The van der Waals surface area contributed by atoms with Gasteiger partial charge in [0.05, 0.1) is 24.5 Å². The predicted molar refractivity (Wildman–Crippen MR) is 109 cm³/mol. The molecular formula is C23H24N2O3. The number of benzene rings is 3. The van der Waals surface area contributed by atoms with E-state index in [1.807, 2.05) is 73.7 Å². The highest BCUT2D eigenvalue weighted by molar-refractivity contribution is 5.29. The van der Waals surface area contributed by atoms with Crippen molar-refractivity contribution in [3.05, 3.63) is 107 Å². The quantitative estimate of drug-likeness (QED) is 0.411. The van der Waals surface area contributed by atoms with E-state index in [1.165, 1.54) is 5.01 Å². The first kappa shape index (κ1) is 19.6. The third-order valence-electron chi connectivity index (χ3n) is 4.67. The Morgan fingerprint density at radius 2 is 1.57 bits per heavy atom. The number of hydrogen-bond acceptors (Lipinski definition) is 4. The molecule has 2 atom stereocenters. The van der Waals surface area contributed by atoms with E-state index in [4.69, 9.17) is 4.74 Å². The molecule has 5 heteroatoms. The van der Waals surface area contributed by atoms with E-state index in [-0.39, 0.29) is 11.8 Å². The standard InChI is InChI=1S/C23H24N2O3/c1-18(25(24-27)16-19-9-4-2-5-10-19)23(21-13-8-14-22(26)15-21)28-17-20-11-6-3-7-12-20/h2-15,18,23,26H,16-17H2,1H3/t18?,23-/m1/s1. The van der Waals surface area contributed by atoms with Gasteiger partial charge < -0.3 is 9.84 Å². The van der Waals surface area contributed by atoms with Gasteiger partial charge in [-0.15, -0.1) is 4.91 Å². The summed E-state index contributed by atoms with van der Waals surface area (Å²) in [6.07, 6.45) is -0.436. The van der Waals surface area contributed by atoms with Crippen LogP contribution in [0.25, 0.3) is 0 Å². The topological polar surface area (TPSA) is 62.1 Å². The number of nitrogens with zero attached hydrogens (tertiary/aromatic N) is 2. The fourth-order valence-corrected chi connectivity index (χ4v) is 3.15. The van der Waals surface area contributed by atoms with Gasteiger partial charge in [-0.3, -0.25) is 5.01 Å². The van der Waals surface area contributed by atoms with Crippen LogP contribution in [0.5, 0.6) is 5.75 Å². The maximum absolute atomic E-state index is 11.6. The lowest BCUT2D eigenvalue weighted by atomic mass is 10.0. The normalized spacial score (nSPS) is 12.9. The Bertz CT molecular complexity index is 871. The van der Waals surface area contributed by atoms with Crippen molar-refractivity contribution in [1.29, 1.82) is 0 Å². The number of phenols is 1. The van der Waals surface area contributed by atoms with Gasteiger partial charge in [0.15, 0.2) is 0 Å².